The number of benzene rings is 2. The van der Waals surface area contributed by atoms with Gasteiger partial charge in [-0.1, -0.05) is 36.8 Å². The van der Waals surface area contributed by atoms with E-state index in [0.29, 0.717) is 13.2 Å². The molecule has 0 bridgehead atoms. The number of likely N-dealkylation sites (tertiary alicyclic amines) is 1. The van der Waals surface area contributed by atoms with Crippen molar-refractivity contribution in [2.24, 2.45) is 0 Å². The Kier molecular flexibility index (Phi) is 7.55. The van der Waals surface area contributed by atoms with Crippen LogP contribution in [0.25, 0.3) is 0 Å². The molecule has 1 fully saturated rings. The van der Waals surface area contributed by atoms with Crippen LogP contribution in [0.3, 0.4) is 0 Å². The molecule has 1 atom stereocenters. The first-order valence-corrected chi connectivity index (χ1v) is 9.98. The van der Waals surface area contributed by atoms with E-state index in [1.54, 1.807) is 7.11 Å². The van der Waals surface area contributed by atoms with Crippen LogP contribution in [-0.2, 0) is 12.8 Å². The molecule has 1 aliphatic rings. The van der Waals surface area contributed by atoms with Crippen LogP contribution in [-0.4, -0.2) is 49.5 Å². The third-order valence-electron chi connectivity index (χ3n) is 5.16. The summed E-state index contributed by atoms with van der Waals surface area (Å²) in [6.45, 7) is 3.23. The summed E-state index contributed by atoms with van der Waals surface area (Å²) >= 11 is 0. The fraction of sp³-hybridized carbons (Fsp3) is 0.478. The van der Waals surface area contributed by atoms with E-state index in [0.717, 1.165) is 37.4 Å². The molecule has 1 saturated heterocycles. The van der Waals surface area contributed by atoms with E-state index in [-0.39, 0.29) is 0 Å². The summed E-state index contributed by atoms with van der Waals surface area (Å²) in [6, 6.07) is 16.3. The van der Waals surface area contributed by atoms with Crippen molar-refractivity contribution >= 4 is 0 Å². The van der Waals surface area contributed by atoms with E-state index in [1.165, 1.54) is 30.4 Å². The number of hydrogen-bond donors (Lipinski definition) is 1. The lowest BCUT2D eigenvalue weighted by Gasteiger charge is -2.28. The van der Waals surface area contributed by atoms with Crippen LogP contribution < -0.4 is 9.47 Å². The number of aliphatic hydroxyl groups excluding tert-OH is 1. The van der Waals surface area contributed by atoms with Gasteiger partial charge in [0.05, 0.1) is 7.11 Å². The second kappa shape index (κ2) is 10.3. The molecule has 2 aromatic carbocycles. The molecule has 0 aromatic heterocycles. The van der Waals surface area contributed by atoms with Gasteiger partial charge in [-0.15, -0.1) is 0 Å². The van der Waals surface area contributed by atoms with E-state index in [4.69, 9.17) is 9.47 Å². The predicted octanol–water partition coefficient (Wildman–Crippen LogP) is 3.71. The average Bonchev–Trinajstić information content (AvgIpc) is 2.72. The van der Waals surface area contributed by atoms with Gasteiger partial charge in [-0.25, -0.2) is 0 Å². The van der Waals surface area contributed by atoms with Gasteiger partial charge in [-0.05, 0) is 68.1 Å². The fourth-order valence-corrected chi connectivity index (χ4v) is 3.60. The molecular formula is C23H31NO3. The first-order chi connectivity index (χ1) is 13.2. The molecule has 0 amide bonds. The Labute approximate surface area is 162 Å². The lowest BCUT2D eigenvalue weighted by atomic mass is 10.0. The van der Waals surface area contributed by atoms with Gasteiger partial charge in [0, 0.05) is 6.54 Å². The molecule has 4 nitrogen and oxygen atoms in total. The number of aryl methyl sites for hydroxylation is 2. The number of nitrogens with zero attached hydrogens (tertiary/aromatic N) is 1. The fourth-order valence-electron chi connectivity index (χ4n) is 3.60. The minimum atomic E-state index is -0.447. The van der Waals surface area contributed by atoms with Gasteiger partial charge in [0.15, 0.2) is 0 Å². The summed E-state index contributed by atoms with van der Waals surface area (Å²) in [5.74, 6) is 1.76. The summed E-state index contributed by atoms with van der Waals surface area (Å²) in [4.78, 5) is 2.34. The van der Waals surface area contributed by atoms with E-state index in [1.807, 2.05) is 30.3 Å². The highest BCUT2D eigenvalue weighted by Crippen LogP contribution is 2.21. The number of piperidine rings is 1. The highest BCUT2D eigenvalue weighted by molar-refractivity contribution is 5.35. The van der Waals surface area contributed by atoms with Gasteiger partial charge in [-0.3, -0.25) is 0 Å². The van der Waals surface area contributed by atoms with Crippen molar-refractivity contribution in [1.29, 1.82) is 0 Å². The third kappa shape index (κ3) is 6.26. The number of aliphatic hydroxyl groups is 1. The van der Waals surface area contributed by atoms with Crippen molar-refractivity contribution in [3.8, 4) is 11.5 Å². The Bertz CT molecular complexity index is 680. The lowest BCUT2D eigenvalue weighted by molar-refractivity contribution is 0.0614. The second-order valence-corrected chi connectivity index (χ2v) is 7.28. The van der Waals surface area contributed by atoms with Crippen molar-refractivity contribution in [2.45, 2.75) is 38.2 Å². The number of methoxy groups -OCH3 is 1. The van der Waals surface area contributed by atoms with Crippen LogP contribution in [0.1, 0.15) is 30.4 Å². The Balaban J connectivity index is 1.50. The molecule has 27 heavy (non-hydrogen) atoms. The summed E-state index contributed by atoms with van der Waals surface area (Å²) in [5, 5.41) is 10.3. The highest BCUT2D eigenvalue weighted by Gasteiger charge is 2.15. The quantitative estimate of drug-likeness (QED) is 0.732. The maximum Gasteiger partial charge on any atom is 0.122 e. The van der Waals surface area contributed by atoms with Crippen molar-refractivity contribution in [3.63, 3.8) is 0 Å². The maximum atomic E-state index is 10.3. The smallest absolute Gasteiger partial charge is 0.122 e. The molecule has 0 spiro atoms. The van der Waals surface area contributed by atoms with Gasteiger partial charge in [0.1, 0.15) is 24.2 Å². The van der Waals surface area contributed by atoms with Gasteiger partial charge < -0.3 is 19.5 Å². The van der Waals surface area contributed by atoms with Crippen molar-refractivity contribution in [3.05, 3.63) is 59.7 Å². The standard InChI is InChI=1S/C23H31NO3/c1-26-22-13-10-19(11-14-22)9-12-20-7-3-4-8-23(20)27-18-21(25)17-24-15-5-2-6-16-24/h3-4,7-8,10-11,13-14,21,25H,2,5-6,9,12,15-18H2,1H3/t21-/m0/s1. The number of para-hydroxylation sites is 1. The molecule has 2 aromatic rings. The molecule has 0 aliphatic carbocycles. The van der Waals surface area contributed by atoms with Gasteiger partial charge in [0.25, 0.3) is 0 Å². The molecule has 0 radical (unpaired) electrons. The summed E-state index contributed by atoms with van der Waals surface area (Å²) in [7, 11) is 1.68. The Hall–Kier alpha value is -2.04. The second-order valence-electron chi connectivity index (χ2n) is 7.28. The lowest BCUT2D eigenvalue weighted by Crippen LogP contribution is -2.38. The minimum absolute atomic E-state index is 0.343. The van der Waals surface area contributed by atoms with Crippen LogP contribution in [0.5, 0.6) is 11.5 Å². The van der Waals surface area contributed by atoms with E-state index < -0.39 is 6.10 Å². The average molecular weight is 370 g/mol. The molecule has 1 heterocycles. The van der Waals surface area contributed by atoms with Crippen molar-refractivity contribution in [1.82, 2.24) is 4.90 Å². The first kappa shape index (κ1) is 19.7. The minimum Gasteiger partial charge on any atom is -0.497 e. The number of ether oxygens (including phenoxy) is 2. The number of hydrogen-bond acceptors (Lipinski definition) is 4. The van der Waals surface area contributed by atoms with Gasteiger partial charge in [-0.2, -0.15) is 0 Å². The molecule has 0 saturated carbocycles. The molecule has 1 aliphatic heterocycles. The van der Waals surface area contributed by atoms with Gasteiger partial charge in [0.2, 0.25) is 0 Å². The van der Waals surface area contributed by atoms with Gasteiger partial charge >= 0.3 is 0 Å². The molecule has 1 N–H and O–H groups in total. The maximum absolute atomic E-state index is 10.3. The Morgan fingerprint density at radius 1 is 0.963 bits per heavy atom. The van der Waals surface area contributed by atoms with E-state index >= 15 is 0 Å². The zero-order valence-corrected chi connectivity index (χ0v) is 16.3. The zero-order chi connectivity index (χ0) is 18.9. The first-order valence-electron chi connectivity index (χ1n) is 9.98. The predicted molar refractivity (Wildman–Crippen MR) is 109 cm³/mol. The largest absolute Gasteiger partial charge is 0.497 e. The van der Waals surface area contributed by atoms with Crippen LogP contribution >= 0.6 is 0 Å². The SMILES string of the molecule is COc1ccc(CCc2ccccc2OC[C@@H](O)CN2CCCCC2)cc1. The molecular weight excluding hydrogens is 338 g/mol. The monoisotopic (exact) mass is 369 g/mol. The highest BCUT2D eigenvalue weighted by atomic mass is 16.5. The number of β-amino-alcohol motifs (C(OH)–C–C–N with tert-alkyl or cyclic N) is 1. The zero-order valence-electron chi connectivity index (χ0n) is 16.3. The normalized spacial score (nSPS) is 16.1. The van der Waals surface area contributed by atoms with E-state index in [2.05, 4.69) is 23.1 Å². The molecule has 3 rings (SSSR count). The van der Waals surface area contributed by atoms with Crippen LogP contribution in [0, 0.1) is 0 Å². The van der Waals surface area contributed by atoms with Crippen molar-refractivity contribution < 1.29 is 14.6 Å². The molecule has 4 heteroatoms. The van der Waals surface area contributed by atoms with Crippen LogP contribution in [0.4, 0.5) is 0 Å². The van der Waals surface area contributed by atoms with E-state index in [9.17, 15) is 5.11 Å². The summed E-state index contributed by atoms with van der Waals surface area (Å²) < 4.78 is 11.2. The topological polar surface area (TPSA) is 41.9 Å². The Morgan fingerprint density at radius 3 is 2.44 bits per heavy atom. The Morgan fingerprint density at radius 2 is 1.70 bits per heavy atom. The molecule has 0 unspecified atom stereocenters. The molecule has 146 valence electrons. The van der Waals surface area contributed by atoms with Crippen LogP contribution in [0.15, 0.2) is 48.5 Å². The summed E-state index contributed by atoms with van der Waals surface area (Å²) in [5.41, 5.74) is 2.45. The summed E-state index contributed by atoms with van der Waals surface area (Å²) in [6.07, 6.45) is 5.19. The van der Waals surface area contributed by atoms with Crippen LogP contribution in [0.2, 0.25) is 0 Å². The third-order valence-corrected chi connectivity index (χ3v) is 5.16. The number of rotatable bonds is 9. The van der Waals surface area contributed by atoms with Crippen molar-refractivity contribution in [2.75, 3.05) is 33.4 Å².